The van der Waals surface area contributed by atoms with E-state index in [1.807, 2.05) is 12.1 Å². The maximum atomic E-state index is 12.1. The Morgan fingerprint density at radius 3 is 2.89 bits per heavy atom. The molecule has 0 aliphatic carbocycles. The lowest BCUT2D eigenvalue weighted by Crippen LogP contribution is -2.11. The van der Waals surface area contributed by atoms with Crippen LogP contribution in [0.15, 0.2) is 24.5 Å². The van der Waals surface area contributed by atoms with E-state index in [1.165, 1.54) is 17.7 Å². The van der Waals surface area contributed by atoms with Crippen LogP contribution in [0, 0.1) is 0 Å². The monoisotopic (exact) mass is 312 g/mol. The summed E-state index contributed by atoms with van der Waals surface area (Å²) in [7, 11) is 0. The van der Waals surface area contributed by atoms with Gasteiger partial charge in [-0.25, -0.2) is 5.10 Å². The van der Waals surface area contributed by atoms with Crippen molar-refractivity contribution in [1.82, 2.24) is 15.2 Å². The Bertz CT molecular complexity index is 753. The first-order valence-electron chi connectivity index (χ1n) is 5.20. The third-order valence-corrected chi connectivity index (χ3v) is 4.42. The summed E-state index contributed by atoms with van der Waals surface area (Å²) >= 11 is 13.6. The van der Waals surface area contributed by atoms with Crippen molar-refractivity contribution < 1.29 is 4.79 Å². The predicted octanol–water partition coefficient (Wildman–Crippen LogP) is 3.58. The van der Waals surface area contributed by atoms with Crippen molar-refractivity contribution in [3.8, 4) is 0 Å². The van der Waals surface area contributed by atoms with E-state index < -0.39 is 0 Å². The highest BCUT2D eigenvalue weighted by molar-refractivity contribution is 7.21. The van der Waals surface area contributed by atoms with E-state index in [1.54, 1.807) is 6.07 Å². The third-order valence-electron chi connectivity index (χ3n) is 2.46. The molecule has 1 aromatic carbocycles. The molecule has 0 aliphatic heterocycles. The smallest absolute Gasteiger partial charge is 0.269 e. The number of hydrogen-bond donors (Lipinski definition) is 2. The number of H-pyrrole nitrogens is 1. The maximum absolute atomic E-state index is 12.1. The Kier molecular flexibility index (Phi) is 3.14. The predicted molar refractivity (Wildman–Crippen MR) is 76.2 cm³/mol. The standard InChI is InChI=1S/C11H6Cl2N4OS/c12-5-2-1-3-6-7(5)8(13)9(19-6)10(18)16-11-14-4-15-17-11/h1-4H,(H2,14,15,16,17,18). The van der Waals surface area contributed by atoms with Gasteiger partial charge in [0.25, 0.3) is 5.91 Å². The van der Waals surface area contributed by atoms with Gasteiger partial charge in [0.2, 0.25) is 5.95 Å². The summed E-state index contributed by atoms with van der Waals surface area (Å²) in [5.41, 5.74) is 0. The fourth-order valence-corrected chi connectivity index (χ4v) is 3.50. The van der Waals surface area contributed by atoms with Crippen LogP contribution in [0.2, 0.25) is 10.0 Å². The summed E-state index contributed by atoms with van der Waals surface area (Å²) in [5.74, 6) is -0.0800. The molecule has 0 unspecified atom stereocenters. The summed E-state index contributed by atoms with van der Waals surface area (Å²) in [6, 6.07) is 5.42. The molecular formula is C11H6Cl2N4OS. The lowest BCUT2D eigenvalue weighted by Gasteiger charge is -1.98. The number of amides is 1. The third kappa shape index (κ3) is 2.18. The minimum absolute atomic E-state index is 0.268. The topological polar surface area (TPSA) is 70.7 Å². The summed E-state index contributed by atoms with van der Waals surface area (Å²) in [6.45, 7) is 0. The van der Waals surface area contributed by atoms with E-state index in [4.69, 9.17) is 23.2 Å². The minimum Gasteiger partial charge on any atom is -0.290 e. The molecular weight excluding hydrogens is 307 g/mol. The van der Waals surface area contributed by atoms with Crippen molar-refractivity contribution in [2.45, 2.75) is 0 Å². The number of anilines is 1. The van der Waals surface area contributed by atoms with Crippen LogP contribution < -0.4 is 5.32 Å². The molecule has 3 aromatic rings. The first-order chi connectivity index (χ1) is 9.16. The van der Waals surface area contributed by atoms with Gasteiger partial charge in [-0.2, -0.15) is 10.1 Å². The van der Waals surface area contributed by atoms with E-state index in [-0.39, 0.29) is 11.9 Å². The Labute approximate surface area is 121 Å². The number of thiophene rings is 1. The van der Waals surface area contributed by atoms with Crippen molar-refractivity contribution in [3.05, 3.63) is 39.4 Å². The highest BCUT2D eigenvalue weighted by Gasteiger charge is 2.19. The van der Waals surface area contributed by atoms with Gasteiger partial charge in [-0.15, -0.1) is 11.3 Å². The van der Waals surface area contributed by atoms with Crippen LogP contribution in [0.4, 0.5) is 5.95 Å². The van der Waals surface area contributed by atoms with Crippen molar-refractivity contribution in [3.63, 3.8) is 0 Å². The summed E-state index contributed by atoms with van der Waals surface area (Å²) in [6.07, 6.45) is 1.30. The lowest BCUT2D eigenvalue weighted by molar-refractivity contribution is 0.103. The van der Waals surface area contributed by atoms with Crippen molar-refractivity contribution in [2.75, 3.05) is 5.32 Å². The average molecular weight is 313 g/mol. The number of aromatic amines is 1. The molecule has 0 saturated carbocycles. The van der Waals surface area contributed by atoms with Crippen molar-refractivity contribution >= 4 is 56.5 Å². The van der Waals surface area contributed by atoms with Crippen molar-refractivity contribution in [2.24, 2.45) is 0 Å². The molecule has 2 aromatic heterocycles. The molecule has 0 aliphatic rings. The Balaban J connectivity index is 2.03. The molecule has 5 nitrogen and oxygen atoms in total. The number of hydrogen-bond acceptors (Lipinski definition) is 4. The van der Waals surface area contributed by atoms with Gasteiger partial charge < -0.3 is 0 Å². The van der Waals surface area contributed by atoms with E-state index in [9.17, 15) is 4.79 Å². The van der Waals surface area contributed by atoms with Crippen LogP contribution in [-0.4, -0.2) is 21.1 Å². The zero-order valence-electron chi connectivity index (χ0n) is 9.28. The number of carbonyl (C=O) groups excluding carboxylic acids is 1. The number of halogens is 2. The van der Waals surface area contributed by atoms with E-state index in [0.29, 0.717) is 20.3 Å². The molecule has 0 fully saturated rings. The minimum atomic E-state index is -0.348. The average Bonchev–Trinajstić information content (AvgIpc) is 2.98. The largest absolute Gasteiger partial charge is 0.290 e. The van der Waals surface area contributed by atoms with Crippen LogP contribution >= 0.6 is 34.5 Å². The van der Waals surface area contributed by atoms with Crippen LogP contribution in [0.3, 0.4) is 0 Å². The van der Waals surface area contributed by atoms with Crippen LogP contribution in [0.5, 0.6) is 0 Å². The quantitative estimate of drug-likeness (QED) is 0.759. The molecule has 0 radical (unpaired) electrons. The van der Waals surface area contributed by atoms with Gasteiger partial charge in [0.15, 0.2) is 0 Å². The second-order valence-corrected chi connectivity index (χ2v) is 5.48. The van der Waals surface area contributed by atoms with E-state index in [0.717, 1.165) is 4.70 Å². The second-order valence-electron chi connectivity index (χ2n) is 3.65. The first kappa shape index (κ1) is 12.4. The molecule has 1 amide bonds. The van der Waals surface area contributed by atoms with Gasteiger partial charge >= 0.3 is 0 Å². The highest BCUT2D eigenvalue weighted by atomic mass is 35.5. The molecule has 3 rings (SSSR count). The molecule has 19 heavy (non-hydrogen) atoms. The number of aromatic nitrogens is 3. The number of carbonyl (C=O) groups is 1. The maximum Gasteiger partial charge on any atom is 0.269 e. The molecule has 96 valence electrons. The van der Waals surface area contributed by atoms with Crippen LogP contribution in [-0.2, 0) is 0 Å². The fraction of sp³-hybridized carbons (Fsp3) is 0. The molecule has 0 atom stereocenters. The summed E-state index contributed by atoms with van der Waals surface area (Å²) < 4.78 is 0.861. The molecule has 0 bridgehead atoms. The lowest BCUT2D eigenvalue weighted by atomic mass is 10.2. The highest BCUT2D eigenvalue weighted by Crippen LogP contribution is 2.39. The zero-order valence-corrected chi connectivity index (χ0v) is 11.6. The molecule has 8 heteroatoms. The number of fused-ring (bicyclic) bond motifs is 1. The number of nitrogens with zero attached hydrogens (tertiary/aromatic N) is 2. The SMILES string of the molecule is O=C(Nc1ncn[nH]1)c1sc2cccc(Cl)c2c1Cl. The van der Waals surface area contributed by atoms with Gasteiger partial charge in [-0.1, -0.05) is 29.3 Å². The van der Waals surface area contributed by atoms with Gasteiger partial charge in [-0.3, -0.25) is 10.1 Å². The zero-order chi connectivity index (χ0) is 13.4. The molecule has 0 spiro atoms. The second kappa shape index (κ2) is 4.80. The van der Waals surface area contributed by atoms with E-state index in [2.05, 4.69) is 20.5 Å². The normalized spacial score (nSPS) is 10.8. The Morgan fingerprint density at radius 2 is 2.21 bits per heavy atom. The molecule has 2 heterocycles. The molecule has 0 saturated heterocycles. The van der Waals surface area contributed by atoms with Gasteiger partial charge in [-0.05, 0) is 12.1 Å². The van der Waals surface area contributed by atoms with Crippen LogP contribution in [0.1, 0.15) is 9.67 Å². The fourth-order valence-electron chi connectivity index (χ4n) is 1.65. The first-order valence-corrected chi connectivity index (χ1v) is 6.77. The number of nitrogens with one attached hydrogen (secondary N) is 2. The van der Waals surface area contributed by atoms with E-state index >= 15 is 0 Å². The number of rotatable bonds is 2. The number of benzene rings is 1. The Hall–Kier alpha value is -1.63. The Morgan fingerprint density at radius 1 is 1.37 bits per heavy atom. The van der Waals surface area contributed by atoms with Crippen molar-refractivity contribution in [1.29, 1.82) is 0 Å². The van der Waals surface area contributed by atoms with Crippen LogP contribution in [0.25, 0.3) is 10.1 Å². The summed E-state index contributed by atoms with van der Waals surface area (Å²) in [4.78, 5) is 16.3. The summed E-state index contributed by atoms with van der Waals surface area (Å²) in [5, 5.41) is 10.3. The van der Waals surface area contributed by atoms with Gasteiger partial charge in [0, 0.05) is 10.1 Å². The van der Waals surface area contributed by atoms with Gasteiger partial charge in [0.05, 0.1) is 10.0 Å². The molecule has 2 N–H and O–H groups in total. The van der Waals surface area contributed by atoms with Gasteiger partial charge in [0.1, 0.15) is 11.2 Å².